The zero-order chi connectivity index (χ0) is 6.57. The van der Waals surface area contributed by atoms with E-state index < -0.39 is 11.8 Å². The highest BCUT2D eigenvalue weighted by Crippen LogP contribution is 2.00. The minimum absolute atomic E-state index is 1.13. The first-order chi connectivity index (χ1) is 3.72. The van der Waals surface area contributed by atoms with E-state index in [1.165, 1.54) is 0 Å². The second-order valence-corrected chi connectivity index (χ2v) is 1.04. The van der Waals surface area contributed by atoms with Crippen LogP contribution in [0.2, 0.25) is 0 Å². The topological polar surface area (TPSA) is 21.7 Å². The molecule has 50 valence electrons. The molecule has 0 aromatic heterocycles. The van der Waals surface area contributed by atoms with E-state index in [9.17, 15) is 8.96 Å². The first-order valence-corrected chi connectivity index (χ1v) is 1.88. The Balaban J connectivity index is 3.35. The summed E-state index contributed by atoms with van der Waals surface area (Å²) in [5.74, 6) is 0. The fourth-order valence-electron chi connectivity index (χ4n) is 0.256. The molecule has 0 N–H and O–H groups in total. The molecule has 8 heavy (non-hydrogen) atoms. The molecular formula is C3H7F2NO2. The molecule has 0 saturated heterocycles. The zero-order valence-electron chi connectivity index (χ0n) is 4.60. The van der Waals surface area contributed by atoms with Gasteiger partial charge in [0.1, 0.15) is 0 Å². The van der Waals surface area contributed by atoms with Gasteiger partial charge >= 0.3 is 0 Å². The van der Waals surface area contributed by atoms with Crippen LogP contribution in [0.4, 0.5) is 8.96 Å². The predicted molar refractivity (Wildman–Crippen MR) is 21.9 cm³/mol. The summed E-state index contributed by atoms with van der Waals surface area (Å²) < 4.78 is 30.8. The fraction of sp³-hybridized carbons (Fsp3) is 1.00. The minimum atomic E-state index is -1.55. The van der Waals surface area contributed by atoms with Gasteiger partial charge in [0.25, 0.3) is 6.41 Å². The summed E-state index contributed by atoms with van der Waals surface area (Å²) in [4.78, 5) is 0. The van der Waals surface area contributed by atoms with Crippen LogP contribution < -0.4 is 0 Å². The Hall–Kier alpha value is -0.260. The average Bonchev–Trinajstić information content (AvgIpc) is 1.69. The molecule has 0 bridgehead atoms. The van der Waals surface area contributed by atoms with Crippen LogP contribution in [0.1, 0.15) is 0 Å². The van der Waals surface area contributed by atoms with E-state index in [2.05, 4.69) is 9.47 Å². The third-order valence-electron chi connectivity index (χ3n) is 0.563. The molecule has 0 saturated carbocycles. The number of ether oxygens (including phenoxy) is 2. The van der Waals surface area contributed by atoms with Gasteiger partial charge in [0.05, 0.1) is 5.34 Å². The Morgan fingerprint density at radius 3 is 1.62 bits per heavy atom. The van der Waals surface area contributed by atoms with Gasteiger partial charge in [-0.25, -0.2) is 0 Å². The second kappa shape index (κ2) is 3.71. The number of rotatable bonds is 3. The van der Waals surface area contributed by atoms with Crippen LogP contribution in [0.15, 0.2) is 0 Å². The Morgan fingerprint density at radius 1 is 1.25 bits per heavy atom. The number of hydrogen-bond acceptors (Lipinski definition) is 3. The highest BCUT2D eigenvalue weighted by Gasteiger charge is 2.14. The second-order valence-electron chi connectivity index (χ2n) is 1.04. The molecule has 0 aromatic carbocycles. The van der Waals surface area contributed by atoms with Crippen LogP contribution in [-0.2, 0) is 9.47 Å². The van der Waals surface area contributed by atoms with Crippen LogP contribution in [0.25, 0.3) is 0 Å². The van der Waals surface area contributed by atoms with Gasteiger partial charge in [0.15, 0.2) is 0 Å². The van der Waals surface area contributed by atoms with Crippen molar-refractivity contribution in [1.29, 1.82) is 0 Å². The maximum Gasteiger partial charge on any atom is 0.276 e. The van der Waals surface area contributed by atoms with E-state index in [0.29, 0.717) is 0 Å². The van der Waals surface area contributed by atoms with Gasteiger partial charge in [-0.05, 0) is 0 Å². The standard InChI is InChI=1S/C3H7F2NO2/c1-7-3(8-2)6(4)5/h3H,1-2H3. The summed E-state index contributed by atoms with van der Waals surface area (Å²) in [6.45, 7) is 0. The molecule has 0 aliphatic rings. The molecule has 0 aromatic rings. The summed E-state index contributed by atoms with van der Waals surface area (Å²) in [6.07, 6.45) is -1.55. The lowest BCUT2D eigenvalue weighted by Gasteiger charge is -2.10. The van der Waals surface area contributed by atoms with Crippen molar-refractivity contribution < 1.29 is 18.4 Å². The van der Waals surface area contributed by atoms with Crippen molar-refractivity contribution in [2.75, 3.05) is 14.2 Å². The summed E-state index contributed by atoms with van der Waals surface area (Å²) in [6, 6.07) is 0. The average molecular weight is 127 g/mol. The van der Waals surface area contributed by atoms with Crippen LogP contribution >= 0.6 is 0 Å². The van der Waals surface area contributed by atoms with Crippen molar-refractivity contribution in [3.8, 4) is 0 Å². The van der Waals surface area contributed by atoms with E-state index in [4.69, 9.17) is 0 Å². The van der Waals surface area contributed by atoms with E-state index in [1.807, 2.05) is 0 Å². The Morgan fingerprint density at radius 2 is 1.62 bits per heavy atom. The minimum Gasteiger partial charge on any atom is -0.339 e. The molecule has 0 spiro atoms. The van der Waals surface area contributed by atoms with Gasteiger partial charge in [-0.2, -0.15) is 0 Å². The number of hydrogen-bond donors (Lipinski definition) is 0. The maximum atomic E-state index is 11.3. The van der Waals surface area contributed by atoms with Crippen molar-refractivity contribution in [1.82, 2.24) is 5.34 Å². The van der Waals surface area contributed by atoms with Gasteiger partial charge in [-0.15, -0.1) is 0 Å². The molecule has 0 unspecified atom stereocenters. The number of nitrogens with zero attached hydrogens (tertiary/aromatic N) is 1. The number of methoxy groups -OCH3 is 2. The highest BCUT2D eigenvalue weighted by molar-refractivity contribution is 4.17. The quantitative estimate of drug-likeness (QED) is 0.410. The molecule has 0 heterocycles. The molecule has 0 atom stereocenters. The summed E-state index contributed by atoms with van der Waals surface area (Å²) in [5, 5.41) is -1.17. The highest BCUT2D eigenvalue weighted by atomic mass is 19.4. The van der Waals surface area contributed by atoms with Crippen LogP contribution in [0.3, 0.4) is 0 Å². The Labute approximate surface area is 45.7 Å². The van der Waals surface area contributed by atoms with Crippen molar-refractivity contribution in [3.63, 3.8) is 0 Å². The molecule has 0 amide bonds. The maximum absolute atomic E-state index is 11.3. The van der Waals surface area contributed by atoms with Gasteiger partial charge in [-0.1, -0.05) is 8.96 Å². The van der Waals surface area contributed by atoms with Crippen molar-refractivity contribution >= 4 is 0 Å². The molecule has 0 aliphatic carbocycles. The van der Waals surface area contributed by atoms with Crippen LogP contribution in [0, 0.1) is 0 Å². The lowest BCUT2D eigenvalue weighted by molar-refractivity contribution is -0.339. The molecule has 0 fully saturated rings. The molecule has 5 heteroatoms. The third-order valence-corrected chi connectivity index (χ3v) is 0.563. The van der Waals surface area contributed by atoms with E-state index in [0.717, 1.165) is 14.2 Å². The van der Waals surface area contributed by atoms with Gasteiger partial charge in [-0.3, -0.25) is 0 Å². The first kappa shape index (κ1) is 7.74. The normalized spacial score (nSPS) is 11.2. The third kappa shape index (κ3) is 2.15. The molecule has 0 aliphatic heterocycles. The SMILES string of the molecule is COC(OC)N(F)F. The van der Waals surface area contributed by atoms with E-state index in [-0.39, 0.29) is 0 Å². The summed E-state index contributed by atoms with van der Waals surface area (Å²) in [5.41, 5.74) is 0. The van der Waals surface area contributed by atoms with Crippen LogP contribution in [0.5, 0.6) is 0 Å². The molecule has 3 nitrogen and oxygen atoms in total. The van der Waals surface area contributed by atoms with Crippen molar-refractivity contribution in [3.05, 3.63) is 0 Å². The van der Waals surface area contributed by atoms with Crippen molar-refractivity contribution in [2.45, 2.75) is 6.41 Å². The first-order valence-electron chi connectivity index (χ1n) is 1.88. The van der Waals surface area contributed by atoms with E-state index in [1.54, 1.807) is 0 Å². The number of halogens is 2. The lowest BCUT2D eigenvalue weighted by atomic mass is 11.1. The molecule has 0 rings (SSSR count). The fourth-order valence-corrected chi connectivity index (χ4v) is 0.256. The Bertz CT molecular complexity index is 57.2. The largest absolute Gasteiger partial charge is 0.339 e. The monoisotopic (exact) mass is 127 g/mol. The van der Waals surface area contributed by atoms with Gasteiger partial charge in [0, 0.05) is 14.2 Å². The van der Waals surface area contributed by atoms with Gasteiger partial charge < -0.3 is 9.47 Å². The van der Waals surface area contributed by atoms with E-state index >= 15 is 0 Å². The molecular weight excluding hydrogens is 120 g/mol. The van der Waals surface area contributed by atoms with Gasteiger partial charge in [0.2, 0.25) is 0 Å². The Kier molecular flexibility index (Phi) is 3.59. The lowest BCUT2D eigenvalue weighted by Crippen LogP contribution is -2.24. The summed E-state index contributed by atoms with van der Waals surface area (Å²) in [7, 11) is 2.25. The predicted octanol–water partition coefficient (Wildman–Crippen LogP) is 0.634. The molecule has 0 radical (unpaired) electrons. The smallest absolute Gasteiger partial charge is 0.276 e. The summed E-state index contributed by atoms with van der Waals surface area (Å²) >= 11 is 0. The van der Waals surface area contributed by atoms with Crippen LogP contribution in [-0.4, -0.2) is 26.0 Å². The van der Waals surface area contributed by atoms with Crippen molar-refractivity contribution in [2.24, 2.45) is 0 Å². The zero-order valence-corrected chi connectivity index (χ0v) is 4.60.